The van der Waals surface area contributed by atoms with Gasteiger partial charge in [0.2, 0.25) is 0 Å². The second-order valence-electron chi connectivity index (χ2n) is 4.66. The third-order valence-corrected chi connectivity index (χ3v) is 3.70. The van der Waals surface area contributed by atoms with Crippen LogP contribution in [-0.2, 0) is 0 Å². The highest BCUT2D eigenvalue weighted by molar-refractivity contribution is 6.32. The van der Waals surface area contributed by atoms with Crippen LogP contribution in [-0.4, -0.2) is 9.91 Å². The summed E-state index contributed by atoms with van der Waals surface area (Å²) < 4.78 is 0. The number of nitrogens with zero attached hydrogens (tertiary/aromatic N) is 1. The standard InChI is InChI=1S/C14H11ClN2O2/c1-7-5-12(17(18)19)8(2)13-10-6-9(15)3-4-11(10)16-14(7)13/h3-6,16H,1-2H3. The van der Waals surface area contributed by atoms with Crippen molar-refractivity contribution < 1.29 is 4.92 Å². The van der Waals surface area contributed by atoms with Crippen molar-refractivity contribution in [1.82, 2.24) is 4.98 Å². The second kappa shape index (κ2) is 3.96. The van der Waals surface area contributed by atoms with E-state index in [4.69, 9.17) is 11.6 Å². The van der Waals surface area contributed by atoms with Crippen LogP contribution >= 0.6 is 11.6 Å². The summed E-state index contributed by atoms with van der Waals surface area (Å²) in [4.78, 5) is 14.1. The van der Waals surface area contributed by atoms with Gasteiger partial charge in [-0.25, -0.2) is 0 Å². The van der Waals surface area contributed by atoms with Gasteiger partial charge in [0.1, 0.15) is 0 Å². The lowest BCUT2D eigenvalue weighted by atomic mass is 10.0. The quantitative estimate of drug-likeness (QED) is 0.525. The molecule has 0 atom stereocenters. The van der Waals surface area contributed by atoms with Crippen molar-refractivity contribution in [2.75, 3.05) is 0 Å². The van der Waals surface area contributed by atoms with E-state index in [2.05, 4.69) is 4.98 Å². The zero-order chi connectivity index (χ0) is 13.7. The van der Waals surface area contributed by atoms with Gasteiger partial charge in [-0.05, 0) is 37.6 Å². The SMILES string of the molecule is Cc1cc([N+](=O)[O-])c(C)c2c1[nH]c1ccc(Cl)cc12. The molecule has 4 nitrogen and oxygen atoms in total. The molecule has 1 heterocycles. The number of benzene rings is 2. The fourth-order valence-electron chi connectivity index (χ4n) is 2.55. The molecule has 0 spiro atoms. The van der Waals surface area contributed by atoms with Gasteiger partial charge in [-0.2, -0.15) is 0 Å². The molecule has 2 aromatic carbocycles. The maximum atomic E-state index is 11.1. The van der Waals surface area contributed by atoms with Crippen LogP contribution in [0.3, 0.4) is 0 Å². The van der Waals surface area contributed by atoms with Gasteiger partial charge >= 0.3 is 0 Å². The van der Waals surface area contributed by atoms with E-state index in [0.717, 1.165) is 27.4 Å². The Morgan fingerprint density at radius 3 is 2.68 bits per heavy atom. The van der Waals surface area contributed by atoms with Gasteiger partial charge in [-0.3, -0.25) is 10.1 Å². The minimum atomic E-state index is -0.342. The van der Waals surface area contributed by atoms with Crippen LogP contribution in [0, 0.1) is 24.0 Å². The van der Waals surface area contributed by atoms with Gasteiger partial charge in [0.15, 0.2) is 0 Å². The van der Waals surface area contributed by atoms with Gasteiger partial charge in [-0.15, -0.1) is 0 Å². The Hall–Kier alpha value is -2.07. The molecule has 0 aliphatic heterocycles. The number of aryl methyl sites for hydroxylation is 2. The van der Waals surface area contributed by atoms with Crippen molar-refractivity contribution in [2.45, 2.75) is 13.8 Å². The molecule has 19 heavy (non-hydrogen) atoms. The van der Waals surface area contributed by atoms with Crippen LogP contribution in [0.2, 0.25) is 5.02 Å². The lowest BCUT2D eigenvalue weighted by Crippen LogP contribution is -1.93. The molecule has 1 N–H and O–H groups in total. The van der Waals surface area contributed by atoms with E-state index in [1.54, 1.807) is 19.1 Å². The molecule has 3 aromatic rings. The minimum absolute atomic E-state index is 0.144. The fourth-order valence-corrected chi connectivity index (χ4v) is 2.72. The molecule has 0 aliphatic rings. The molecule has 0 amide bonds. The summed E-state index contributed by atoms with van der Waals surface area (Å²) in [5.41, 5.74) is 3.54. The molecule has 0 saturated carbocycles. The highest BCUT2D eigenvalue weighted by Gasteiger charge is 2.18. The summed E-state index contributed by atoms with van der Waals surface area (Å²) >= 11 is 6.02. The maximum Gasteiger partial charge on any atom is 0.273 e. The molecule has 0 bridgehead atoms. The van der Waals surface area contributed by atoms with Crippen molar-refractivity contribution in [3.05, 3.63) is 50.5 Å². The summed E-state index contributed by atoms with van der Waals surface area (Å²) in [7, 11) is 0. The first-order valence-electron chi connectivity index (χ1n) is 5.84. The Kier molecular flexibility index (Phi) is 2.50. The molecule has 5 heteroatoms. The van der Waals surface area contributed by atoms with Crippen molar-refractivity contribution in [3.63, 3.8) is 0 Å². The summed E-state index contributed by atoms with van der Waals surface area (Å²) in [6.45, 7) is 3.64. The topological polar surface area (TPSA) is 58.9 Å². The Morgan fingerprint density at radius 1 is 1.26 bits per heavy atom. The van der Waals surface area contributed by atoms with E-state index in [-0.39, 0.29) is 10.6 Å². The predicted molar refractivity (Wildman–Crippen MR) is 76.9 cm³/mol. The number of nitrogens with one attached hydrogen (secondary N) is 1. The number of rotatable bonds is 1. The molecule has 96 valence electrons. The third-order valence-electron chi connectivity index (χ3n) is 3.46. The fraction of sp³-hybridized carbons (Fsp3) is 0.143. The zero-order valence-electron chi connectivity index (χ0n) is 10.5. The number of hydrogen-bond acceptors (Lipinski definition) is 2. The van der Waals surface area contributed by atoms with Crippen LogP contribution in [0.4, 0.5) is 5.69 Å². The van der Waals surface area contributed by atoms with E-state index < -0.39 is 0 Å². The van der Waals surface area contributed by atoms with Gasteiger partial charge in [0, 0.05) is 32.9 Å². The largest absolute Gasteiger partial charge is 0.354 e. The summed E-state index contributed by atoms with van der Waals surface area (Å²) in [6, 6.07) is 7.14. The molecular formula is C14H11ClN2O2. The minimum Gasteiger partial charge on any atom is -0.354 e. The average molecular weight is 275 g/mol. The van der Waals surface area contributed by atoms with Gasteiger partial charge < -0.3 is 4.98 Å². The first-order valence-corrected chi connectivity index (χ1v) is 6.22. The number of nitro groups is 1. The number of fused-ring (bicyclic) bond motifs is 3. The molecule has 0 saturated heterocycles. The van der Waals surface area contributed by atoms with E-state index >= 15 is 0 Å². The Morgan fingerprint density at radius 2 is 2.00 bits per heavy atom. The number of hydrogen-bond donors (Lipinski definition) is 1. The molecule has 0 radical (unpaired) electrons. The Balaban J connectivity index is 2.57. The zero-order valence-corrected chi connectivity index (χ0v) is 11.2. The first-order chi connectivity index (χ1) is 8.99. The smallest absolute Gasteiger partial charge is 0.273 e. The number of nitro benzene ring substituents is 1. The van der Waals surface area contributed by atoms with Crippen molar-refractivity contribution in [2.24, 2.45) is 0 Å². The molecule has 0 unspecified atom stereocenters. The lowest BCUT2D eigenvalue weighted by molar-refractivity contribution is -0.385. The number of aromatic amines is 1. The molecular weight excluding hydrogens is 264 g/mol. The summed E-state index contributed by atoms with van der Waals surface area (Å²) in [5, 5.41) is 13.5. The third kappa shape index (κ3) is 1.68. The second-order valence-corrected chi connectivity index (χ2v) is 5.10. The number of aromatic nitrogens is 1. The Bertz CT molecular complexity index is 836. The van der Waals surface area contributed by atoms with E-state index in [9.17, 15) is 10.1 Å². The highest BCUT2D eigenvalue weighted by Crippen LogP contribution is 2.36. The molecule has 0 aliphatic carbocycles. The van der Waals surface area contributed by atoms with Crippen molar-refractivity contribution >= 4 is 39.1 Å². The van der Waals surface area contributed by atoms with Crippen LogP contribution in [0.25, 0.3) is 21.8 Å². The summed E-state index contributed by atoms with van der Waals surface area (Å²) in [5.74, 6) is 0. The summed E-state index contributed by atoms with van der Waals surface area (Å²) in [6.07, 6.45) is 0. The van der Waals surface area contributed by atoms with E-state index in [1.165, 1.54) is 0 Å². The van der Waals surface area contributed by atoms with Crippen molar-refractivity contribution in [1.29, 1.82) is 0 Å². The first kappa shape index (κ1) is 12.0. The van der Waals surface area contributed by atoms with E-state index in [0.29, 0.717) is 10.6 Å². The van der Waals surface area contributed by atoms with Gasteiger partial charge in [-0.1, -0.05) is 11.6 Å². The average Bonchev–Trinajstić information content (AvgIpc) is 2.72. The van der Waals surface area contributed by atoms with Crippen molar-refractivity contribution in [3.8, 4) is 0 Å². The molecule has 3 rings (SSSR count). The van der Waals surface area contributed by atoms with Crippen LogP contribution in [0.15, 0.2) is 24.3 Å². The maximum absolute atomic E-state index is 11.1. The monoisotopic (exact) mass is 274 g/mol. The number of halogens is 1. The van der Waals surface area contributed by atoms with Gasteiger partial charge in [0.25, 0.3) is 5.69 Å². The van der Waals surface area contributed by atoms with Crippen LogP contribution in [0.1, 0.15) is 11.1 Å². The highest BCUT2D eigenvalue weighted by atomic mass is 35.5. The number of H-pyrrole nitrogens is 1. The lowest BCUT2D eigenvalue weighted by Gasteiger charge is -2.03. The Labute approximate surface area is 114 Å². The normalized spacial score (nSPS) is 11.3. The molecule has 1 aromatic heterocycles. The van der Waals surface area contributed by atoms with Crippen LogP contribution in [0.5, 0.6) is 0 Å². The van der Waals surface area contributed by atoms with Gasteiger partial charge in [0.05, 0.1) is 10.4 Å². The van der Waals surface area contributed by atoms with E-state index in [1.807, 2.05) is 19.1 Å². The molecule has 0 fully saturated rings. The van der Waals surface area contributed by atoms with Crippen LogP contribution < -0.4 is 0 Å². The predicted octanol–water partition coefficient (Wildman–Crippen LogP) is 4.50.